The number of β-amino-alcohol motifs (C(OH)–C–C–N with tert-alkyl or cyclic N) is 1. The lowest BCUT2D eigenvalue weighted by atomic mass is 10.0. The molecule has 0 aliphatic carbocycles. The first-order valence-electron chi connectivity index (χ1n) is 7.63. The number of hydrogen-bond donors (Lipinski definition) is 2. The predicted molar refractivity (Wildman–Crippen MR) is 86.8 cm³/mol. The Morgan fingerprint density at radius 1 is 1.18 bits per heavy atom. The molecule has 5 nitrogen and oxygen atoms in total. The number of fused-ring (bicyclic) bond motifs is 1. The highest BCUT2D eigenvalue weighted by Gasteiger charge is 2.22. The first-order chi connectivity index (χ1) is 10.8. The van der Waals surface area contributed by atoms with Gasteiger partial charge in [0, 0.05) is 24.8 Å². The normalized spacial score (nSPS) is 18.8. The van der Waals surface area contributed by atoms with E-state index in [1.165, 1.54) is 0 Å². The van der Waals surface area contributed by atoms with Crippen molar-refractivity contribution in [1.82, 2.24) is 15.0 Å². The summed E-state index contributed by atoms with van der Waals surface area (Å²) in [6.07, 6.45) is 5.14. The van der Waals surface area contributed by atoms with Crippen molar-refractivity contribution in [2.75, 3.05) is 18.0 Å². The molecule has 0 saturated carbocycles. The van der Waals surface area contributed by atoms with Gasteiger partial charge in [-0.1, -0.05) is 30.3 Å². The van der Waals surface area contributed by atoms with Gasteiger partial charge in [-0.25, -0.2) is 9.97 Å². The standard InChI is InChI=1S/C17H18N4O/c22-13-7-4-8-21(10-13)17-15-14(12-5-2-1-3-6-12)9-18-16(15)19-11-20-17/h1-3,5-6,9,11,13,22H,4,7-8,10H2,(H,18,19,20). The van der Waals surface area contributed by atoms with E-state index in [1.54, 1.807) is 6.33 Å². The van der Waals surface area contributed by atoms with Crippen molar-refractivity contribution in [3.05, 3.63) is 42.9 Å². The molecule has 1 unspecified atom stereocenters. The van der Waals surface area contributed by atoms with Gasteiger partial charge in [-0.3, -0.25) is 0 Å². The van der Waals surface area contributed by atoms with Crippen molar-refractivity contribution in [1.29, 1.82) is 0 Å². The van der Waals surface area contributed by atoms with Crippen LogP contribution >= 0.6 is 0 Å². The average Bonchev–Trinajstić information content (AvgIpc) is 3.00. The molecule has 5 heteroatoms. The number of piperidine rings is 1. The van der Waals surface area contributed by atoms with Crippen LogP contribution < -0.4 is 4.90 Å². The lowest BCUT2D eigenvalue weighted by molar-refractivity contribution is 0.154. The number of benzene rings is 1. The summed E-state index contributed by atoms with van der Waals surface area (Å²) in [4.78, 5) is 14.3. The number of nitrogens with one attached hydrogen (secondary N) is 1. The Labute approximate surface area is 128 Å². The molecule has 2 N–H and O–H groups in total. The molecule has 1 fully saturated rings. The van der Waals surface area contributed by atoms with Crippen LogP contribution in [0.2, 0.25) is 0 Å². The SMILES string of the molecule is OC1CCCN(c2ncnc3[nH]cc(-c4ccccc4)c23)C1. The summed E-state index contributed by atoms with van der Waals surface area (Å²) in [6, 6.07) is 10.2. The molecule has 2 aromatic heterocycles. The molecule has 4 rings (SSSR count). The van der Waals surface area contributed by atoms with Gasteiger partial charge in [0.25, 0.3) is 0 Å². The molecule has 0 radical (unpaired) electrons. The Bertz CT molecular complexity index is 784. The predicted octanol–water partition coefficient (Wildman–Crippen LogP) is 2.59. The minimum Gasteiger partial charge on any atom is -0.391 e. The van der Waals surface area contributed by atoms with Gasteiger partial charge in [-0.2, -0.15) is 0 Å². The highest BCUT2D eigenvalue weighted by Crippen LogP contribution is 2.34. The average molecular weight is 294 g/mol. The first-order valence-corrected chi connectivity index (χ1v) is 7.63. The van der Waals surface area contributed by atoms with E-state index < -0.39 is 0 Å². The van der Waals surface area contributed by atoms with Gasteiger partial charge < -0.3 is 15.0 Å². The summed E-state index contributed by atoms with van der Waals surface area (Å²) in [6.45, 7) is 1.55. The lowest BCUT2D eigenvalue weighted by Gasteiger charge is -2.31. The minimum atomic E-state index is -0.280. The van der Waals surface area contributed by atoms with Crippen LogP contribution in [0.15, 0.2) is 42.9 Å². The van der Waals surface area contributed by atoms with Crippen LogP contribution in [-0.4, -0.2) is 39.3 Å². The number of aliphatic hydroxyl groups excluding tert-OH is 1. The van der Waals surface area contributed by atoms with E-state index >= 15 is 0 Å². The van der Waals surface area contributed by atoms with Crippen molar-refractivity contribution in [2.24, 2.45) is 0 Å². The number of aromatic nitrogens is 3. The summed E-state index contributed by atoms with van der Waals surface area (Å²) < 4.78 is 0. The molecule has 1 saturated heterocycles. The number of H-pyrrole nitrogens is 1. The second kappa shape index (κ2) is 5.42. The number of rotatable bonds is 2. The van der Waals surface area contributed by atoms with Crippen molar-refractivity contribution in [2.45, 2.75) is 18.9 Å². The molecule has 3 aromatic rings. The molecule has 0 spiro atoms. The quantitative estimate of drug-likeness (QED) is 0.762. The van der Waals surface area contributed by atoms with Crippen molar-refractivity contribution in [3.63, 3.8) is 0 Å². The van der Waals surface area contributed by atoms with Gasteiger partial charge in [0.05, 0.1) is 11.5 Å². The van der Waals surface area contributed by atoms with Crippen LogP contribution in [-0.2, 0) is 0 Å². The summed E-state index contributed by atoms with van der Waals surface area (Å²) in [5, 5.41) is 11.0. The Morgan fingerprint density at radius 3 is 2.86 bits per heavy atom. The molecule has 1 aliphatic heterocycles. The van der Waals surface area contributed by atoms with E-state index in [9.17, 15) is 5.11 Å². The van der Waals surface area contributed by atoms with E-state index in [0.717, 1.165) is 47.4 Å². The molecule has 1 aliphatic rings. The summed E-state index contributed by atoms with van der Waals surface area (Å²) in [7, 11) is 0. The van der Waals surface area contributed by atoms with Crippen LogP contribution in [0.5, 0.6) is 0 Å². The van der Waals surface area contributed by atoms with Gasteiger partial charge in [0.15, 0.2) is 0 Å². The Kier molecular flexibility index (Phi) is 3.27. The van der Waals surface area contributed by atoms with Gasteiger partial charge >= 0.3 is 0 Å². The summed E-state index contributed by atoms with van der Waals surface area (Å²) in [5.41, 5.74) is 3.08. The van der Waals surface area contributed by atoms with Gasteiger partial charge in [-0.05, 0) is 18.4 Å². The Hall–Kier alpha value is -2.40. The first kappa shape index (κ1) is 13.3. The Balaban J connectivity index is 1.86. The van der Waals surface area contributed by atoms with Crippen LogP contribution in [0, 0.1) is 0 Å². The second-order valence-corrected chi connectivity index (χ2v) is 5.73. The van der Waals surface area contributed by atoms with Crippen molar-refractivity contribution < 1.29 is 5.11 Å². The number of nitrogens with zero attached hydrogens (tertiary/aromatic N) is 3. The molecule has 0 amide bonds. The third-order valence-electron chi connectivity index (χ3n) is 4.23. The molecule has 112 valence electrons. The fourth-order valence-corrected chi connectivity index (χ4v) is 3.18. The van der Waals surface area contributed by atoms with Crippen LogP contribution in [0.1, 0.15) is 12.8 Å². The van der Waals surface area contributed by atoms with E-state index in [0.29, 0.717) is 6.54 Å². The van der Waals surface area contributed by atoms with Crippen LogP contribution in [0.4, 0.5) is 5.82 Å². The third-order valence-corrected chi connectivity index (χ3v) is 4.23. The summed E-state index contributed by atoms with van der Waals surface area (Å²) >= 11 is 0. The molecular weight excluding hydrogens is 276 g/mol. The monoisotopic (exact) mass is 294 g/mol. The molecule has 1 atom stereocenters. The highest BCUT2D eigenvalue weighted by molar-refractivity contribution is 6.01. The second-order valence-electron chi connectivity index (χ2n) is 5.73. The molecular formula is C17H18N4O. The zero-order valence-corrected chi connectivity index (χ0v) is 12.2. The van der Waals surface area contributed by atoms with Gasteiger partial charge in [-0.15, -0.1) is 0 Å². The fourth-order valence-electron chi connectivity index (χ4n) is 3.18. The fraction of sp³-hybridized carbons (Fsp3) is 0.294. The zero-order valence-electron chi connectivity index (χ0n) is 12.2. The largest absolute Gasteiger partial charge is 0.391 e. The Morgan fingerprint density at radius 2 is 2.05 bits per heavy atom. The van der Waals surface area contributed by atoms with Gasteiger partial charge in [0.2, 0.25) is 0 Å². The zero-order chi connectivity index (χ0) is 14.9. The van der Waals surface area contributed by atoms with Crippen LogP contribution in [0.3, 0.4) is 0 Å². The smallest absolute Gasteiger partial charge is 0.143 e. The van der Waals surface area contributed by atoms with Crippen LogP contribution in [0.25, 0.3) is 22.2 Å². The number of hydrogen-bond acceptors (Lipinski definition) is 4. The van der Waals surface area contributed by atoms with Crippen molar-refractivity contribution in [3.8, 4) is 11.1 Å². The van der Waals surface area contributed by atoms with E-state index in [-0.39, 0.29) is 6.10 Å². The highest BCUT2D eigenvalue weighted by atomic mass is 16.3. The molecule has 22 heavy (non-hydrogen) atoms. The van der Waals surface area contributed by atoms with Crippen molar-refractivity contribution >= 4 is 16.9 Å². The maximum atomic E-state index is 9.96. The molecule has 0 bridgehead atoms. The maximum absolute atomic E-state index is 9.96. The number of aromatic amines is 1. The number of anilines is 1. The molecule has 3 heterocycles. The topological polar surface area (TPSA) is 65.0 Å². The number of aliphatic hydroxyl groups is 1. The van der Waals surface area contributed by atoms with E-state index in [2.05, 4.69) is 32.0 Å². The lowest BCUT2D eigenvalue weighted by Crippen LogP contribution is -2.38. The minimum absolute atomic E-state index is 0.280. The summed E-state index contributed by atoms with van der Waals surface area (Å²) in [5.74, 6) is 0.906. The molecule has 1 aromatic carbocycles. The van der Waals surface area contributed by atoms with Gasteiger partial charge in [0.1, 0.15) is 17.8 Å². The van der Waals surface area contributed by atoms with E-state index in [1.807, 2.05) is 24.4 Å². The third kappa shape index (κ3) is 2.23. The maximum Gasteiger partial charge on any atom is 0.143 e. The van der Waals surface area contributed by atoms with E-state index in [4.69, 9.17) is 0 Å².